The van der Waals surface area contributed by atoms with Crippen molar-refractivity contribution in [3.63, 3.8) is 0 Å². The van der Waals surface area contributed by atoms with Gasteiger partial charge in [-0.3, -0.25) is 0 Å². The highest BCUT2D eigenvalue weighted by Gasteiger charge is 2.21. The third-order valence-corrected chi connectivity index (χ3v) is 4.97. The first kappa shape index (κ1) is 14.9. The van der Waals surface area contributed by atoms with Crippen LogP contribution >= 0.6 is 11.8 Å². The Labute approximate surface area is 136 Å². The van der Waals surface area contributed by atoms with Crippen LogP contribution in [0.4, 0.5) is 0 Å². The summed E-state index contributed by atoms with van der Waals surface area (Å²) in [5, 5.41) is 4.71. The molecular formula is C19H21N2S+. The monoisotopic (exact) mass is 309 g/mol. The number of pyridine rings is 1. The Hall–Kier alpha value is -2.00. The molecule has 2 aliphatic heterocycles. The molecule has 0 fully saturated rings. The number of aromatic nitrogens is 1. The van der Waals surface area contributed by atoms with Crippen molar-refractivity contribution >= 4 is 17.3 Å². The number of aryl methyl sites for hydroxylation is 1. The zero-order valence-corrected chi connectivity index (χ0v) is 13.9. The van der Waals surface area contributed by atoms with E-state index < -0.39 is 0 Å². The fourth-order valence-corrected chi connectivity index (χ4v) is 3.82. The Morgan fingerprint density at radius 1 is 1.23 bits per heavy atom. The standard InChI is InChI=1S/C19H21N2S/c1-14-8-6-9-16-10-7-12-20-19(16)22-15(2)18(14)17-11-4-5-13-21(17)3/h4-8,10-11,13,20H,2,9,12H2,1,3H3/q+1/b8-6-,18-14?. The second-order valence-corrected chi connectivity index (χ2v) is 6.63. The van der Waals surface area contributed by atoms with Crippen LogP contribution in [0, 0.1) is 0 Å². The van der Waals surface area contributed by atoms with Crippen molar-refractivity contribution in [1.82, 2.24) is 5.32 Å². The number of nitrogens with zero attached hydrogens (tertiary/aromatic N) is 1. The van der Waals surface area contributed by atoms with Crippen molar-refractivity contribution in [2.75, 3.05) is 6.54 Å². The summed E-state index contributed by atoms with van der Waals surface area (Å²) in [6.07, 6.45) is 11.9. The average Bonchev–Trinajstić information content (AvgIpc) is 2.56. The zero-order valence-electron chi connectivity index (χ0n) is 13.1. The lowest BCUT2D eigenvalue weighted by Gasteiger charge is -2.18. The van der Waals surface area contributed by atoms with Gasteiger partial charge in [0.05, 0.1) is 10.6 Å². The number of rotatable bonds is 1. The lowest BCUT2D eigenvalue weighted by Crippen LogP contribution is -2.32. The smallest absolute Gasteiger partial charge is 0.213 e. The van der Waals surface area contributed by atoms with E-state index >= 15 is 0 Å². The third kappa shape index (κ3) is 2.95. The molecule has 0 atom stereocenters. The van der Waals surface area contributed by atoms with Crippen molar-refractivity contribution in [2.24, 2.45) is 7.05 Å². The third-order valence-electron chi connectivity index (χ3n) is 3.91. The van der Waals surface area contributed by atoms with Crippen LogP contribution in [0.25, 0.3) is 5.57 Å². The Bertz CT molecular complexity index is 736. The zero-order chi connectivity index (χ0) is 15.5. The first-order chi connectivity index (χ1) is 10.7. The van der Waals surface area contributed by atoms with Crippen molar-refractivity contribution < 1.29 is 4.57 Å². The number of nitrogens with one attached hydrogen (secondary N) is 1. The van der Waals surface area contributed by atoms with E-state index in [9.17, 15) is 0 Å². The molecule has 0 saturated carbocycles. The summed E-state index contributed by atoms with van der Waals surface area (Å²) in [6, 6.07) is 6.28. The van der Waals surface area contributed by atoms with Crippen molar-refractivity contribution in [1.29, 1.82) is 0 Å². The van der Waals surface area contributed by atoms with E-state index in [1.807, 2.05) is 0 Å². The fraction of sp³-hybridized carbons (Fsp3) is 0.211. The Balaban J connectivity index is 2.08. The quantitative estimate of drug-likeness (QED) is 0.793. The van der Waals surface area contributed by atoms with E-state index in [4.69, 9.17) is 0 Å². The maximum atomic E-state index is 4.36. The predicted molar refractivity (Wildman–Crippen MR) is 94.9 cm³/mol. The molecule has 0 aliphatic carbocycles. The van der Waals surface area contributed by atoms with E-state index in [0.717, 1.165) is 17.9 Å². The summed E-state index contributed by atoms with van der Waals surface area (Å²) >= 11 is 1.74. The van der Waals surface area contributed by atoms with Gasteiger partial charge in [-0.1, -0.05) is 42.6 Å². The van der Waals surface area contributed by atoms with Crippen LogP contribution in [0.1, 0.15) is 19.0 Å². The van der Waals surface area contributed by atoms with Crippen molar-refractivity contribution in [3.8, 4) is 0 Å². The molecule has 112 valence electrons. The van der Waals surface area contributed by atoms with Crippen molar-refractivity contribution in [3.05, 3.63) is 82.1 Å². The molecule has 0 saturated heterocycles. The van der Waals surface area contributed by atoms with Crippen LogP contribution in [0.3, 0.4) is 0 Å². The number of allylic oxidation sites excluding steroid dienone is 6. The Morgan fingerprint density at radius 3 is 2.91 bits per heavy atom. The first-order valence-corrected chi connectivity index (χ1v) is 8.31. The van der Waals surface area contributed by atoms with Gasteiger partial charge in [-0.05, 0) is 30.6 Å². The molecule has 1 aromatic rings. The number of hydrogen-bond donors (Lipinski definition) is 1. The molecule has 0 radical (unpaired) electrons. The molecule has 0 bridgehead atoms. The number of hydrogen-bond acceptors (Lipinski definition) is 2. The van der Waals surface area contributed by atoms with E-state index in [0.29, 0.717) is 0 Å². The number of dihydropyridines is 1. The highest BCUT2D eigenvalue weighted by atomic mass is 32.2. The highest BCUT2D eigenvalue weighted by molar-refractivity contribution is 8.07. The Morgan fingerprint density at radius 2 is 2.09 bits per heavy atom. The predicted octanol–water partition coefficient (Wildman–Crippen LogP) is 3.86. The van der Waals surface area contributed by atoms with Crippen LogP contribution in [0.5, 0.6) is 0 Å². The van der Waals surface area contributed by atoms with Crippen LogP contribution in [0.15, 0.2) is 76.4 Å². The minimum Gasteiger partial charge on any atom is -0.376 e. The van der Waals surface area contributed by atoms with Gasteiger partial charge in [0.2, 0.25) is 5.69 Å². The number of thioether (sulfide) groups is 1. The highest BCUT2D eigenvalue weighted by Crippen LogP contribution is 2.38. The van der Waals surface area contributed by atoms with Gasteiger partial charge in [-0.15, -0.1) is 0 Å². The van der Waals surface area contributed by atoms with E-state index in [2.05, 4.69) is 79.1 Å². The molecule has 22 heavy (non-hydrogen) atoms. The van der Waals surface area contributed by atoms with Gasteiger partial charge in [0.1, 0.15) is 7.05 Å². The minimum absolute atomic E-state index is 0.889. The molecule has 0 unspecified atom stereocenters. The normalized spacial score (nSPS) is 20.0. The molecule has 0 amide bonds. The van der Waals surface area contributed by atoms with Gasteiger partial charge in [-0.25, -0.2) is 4.57 Å². The Kier molecular flexibility index (Phi) is 4.34. The summed E-state index contributed by atoms with van der Waals surface area (Å²) in [7, 11) is 2.08. The topological polar surface area (TPSA) is 15.9 Å². The molecule has 2 aliphatic rings. The van der Waals surface area contributed by atoms with E-state index in [-0.39, 0.29) is 0 Å². The molecule has 1 N–H and O–H groups in total. The molecule has 3 heterocycles. The minimum atomic E-state index is 0.889. The van der Waals surface area contributed by atoms with Gasteiger partial charge in [0.25, 0.3) is 0 Å². The average molecular weight is 309 g/mol. The van der Waals surface area contributed by atoms with Crippen molar-refractivity contribution in [2.45, 2.75) is 13.3 Å². The van der Waals surface area contributed by atoms with Gasteiger partial charge in [-0.2, -0.15) is 0 Å². The van der Waals surface area contributed by atoms with Gasteiger partial charge in [0, 0.05) is 23.6 Å². The van der Waals surface area contributed by atoms with Gasteiger partial charge < -0.3 is 5.32 Å². The van der Waals surface area contributed by atoms with Crippen LogP contribution in [0.2, 0.25) is 0 Å². The lowest BCUT2D eigenvalue weighted by atomic mass is 10.0. The molecule has 2 nitrogen and oxygen atoms in total. The largest absolute Gasteiger partial charge is 0.376 e. The molecule has 0 aromatic carbocycles. The van der Waals surface area contributed by atoms with Gasteiger partial charge >= 0.3 is 0 Å². The maximum absolute atomic E-state index is 4.36. The summed E-state index contributed by atoms with van der Waals surface area (Å²) in [5.74, 6) is 0. The second kappa shape index (κ2) is 6.41. The summed E-state index contributed by atoms with van der Waals surface area (Å²) in [6.45, 7) is 7.41. The van der Waals surface area contributed by atoms with E-state index in [1.54, 1.807) is 11.8 Å². The molecule has 0 spiro atoms. The summed E-state index contributed by atoms with van der Waals surface area (Å²) < 4.78 is 2.15. The molecule has 3 rings (SSSR count). The second-order valence-electron chi connectivity index (χ2n) is 5.52. The van der Waals surface area contributed by atoms with Crippen LogP contribution in [-0.4, -0.2) is 6.54 Å². The molecule has 1 aromatic heterocycles. The molecular weight excluding hydrogens is 288 g/mol. The first-order valence-electron chi connectivity index (χ1n) is 7.50. The van der Waals surface area contributed by atoms with E-state index in [1.165, 1.54) is 27.4 Å². The maximum Gasteiger partial charge on any atom is 0.213 e. The molecule has 3 heteroatoms. The van der Waals surface area contributed by atoms with Gasteiger partial charge in [0.15, 0.2) is 6.20 Å². The lowest BCUT2D eigenvalue weighted by molar-refractivity contribution is -0.673. The summed E-state index contributed by atoms with van der Waals surface area (Å²) in [5.41, 5.74) is 5.00. The van der Waals surface area contributed by atoms with Crippen LogP contribution in [-0.2, 0) is 7.05 Å². The van der Waals surface area contributed by atoms with Crippen LogP contribution < -0.4 is 9.88 Å². The fourth-order valence-electron chi connectivity index (χ4n) is 2.77. The summed E-state index contributed by atoms with van der Waals surface area (Å²) in [4.78, 5) is 1.08. The SMILES string of the molecule is C=C1SC2=C(C=CCN2)C/C=C\C(C)=C1c1cccc[n+]1C.